The van der Waals surface area contributed by atoms with Crippen molar-refractivity contribution in [2.75, 3.05) is 6.61 Å². The van der Waals surface area contributed by atoms with Gasteiger partial charge in [0.1, 0.15) is 6.04 Å². The highest BCUT2D eigenvalue weighted by Crippen LogP contribution is 2.05. The van der Waals surface area contributed by atoms with E-state index < -0.39 is 0 Å². The summed E-state index contributed by atoms with van der Waals surface area (Å²) in [5, 5.41) is 3.24. The van der Waals surface area contributed by atoms with E-state index in [0.29, 0.717) is 13.0 Å². The van der Waals surface area contributed by atoms with E-state index in [-0.39, 0.29) is 18.1 Å². The fourth-order valence-electron chi connectivity index (χ4n) is 1.71. The third-order valence-corrected chi connectivity index (χ3v) is 2.39. The zero-order valence-electron chi connectivity index (χ0n) is 10.8. The summed E-state index contributed by atoms with van der Waals surface area (Å²) in [4.78, 5) is 11.8. The molecule has 3 nitrogen and oxygen atoms in total. The minimum absolute atomic E-state index is 0.176. The molecule has 17 heavy (non-hydrogen) atoms. The van der Waals surface area contributed by atoms with Gasteiger partial charge in [0.2, 0.25) is 0 Å². The summed E-state index contributed by atoms with van der Waals surface area (Å²) in [6.45, 7) is 6.30. The monoisotopic (exact) mass is 235 g/mol. The number of esters is 1. The Morgan fingerprint density at radius 3 is 2.47 bits per heavy atom. The molecule has 1 rings (SSSR count). The number of carbonyl (C=O) groups excluding carboxylic acids is 1. The average molecular weight is 235 g/mol. The Morgan fingerprint density at radius 2 is 1.94 bits per heavy atom. The fraction of sp³-hybridized carbons (Fsp3) is 0.500. The molecule has 1 aromatic rings. The van der Waals surface area contributed by atoms with Crippen molar-refractivity contribution >= 4 is 5.97 Å². The van der Waals surface area contributed by atoms with Gasteiger partial charge in [-0.1, -0.05) is 44.2 Å². The molecule has 0 saturated heterocycles. The molecule has 3 heteroatoms. The number of rotatable bonds is 6. The average Bonchev–Trinajstić information content (AvgIpc) is 2.29. The standard InChI is InChI=1S/C14H21NO2/c1-4-17-14(16)13(15-11(2)3)10-12-8-6-5-7-9-12/h5-9,11,13,15H,4,10H2,1-3H3/t13-/m0/s1. The molecule has 0 heterocycles. The summed E-state index contributed by atoms with van der Waals surface area (Å²) in [6.07, 6.45) is 0.665. The van der Waals surface area contributed by atoms with E-state index in [1.54, 1.807) is 0 Å². The Hall–Kier alpha value is -1.35. The van der Waals surface area contributed by atoms with Crippen LogP contribution in [0.1, 0.15) is 26.3 Å². The van der Waals surface area contributed by atoms with E-state index in [1.807, 2.05) is 51.1 Å². The van der Waals surface area contributed by atoms with Gasteiger partial charge in [-0.25, -0.2) is 0 Å². The van der Waals surface area contributed by atoms with Gasteiger partial charge in [-0.15, -0.1) is 0 Å². The predicted octanol–water partition coefficient (Wildman–Crippen LogP) is 2.16. The van der Waals surface area contributed by atoms with E-state index in [4.69, 9.17) is 4.74 Å². The number of carbonyl (C=O) groups is 1. The summed E-state index contributed by atoms with van der Waals surface area (Å²) in [6, 6.07) is 9.96. The minimum atomic E-state index is -0.266. The zero-order valence-corrected chi connectivity index (χ0v) is 10.8. The normalized spacial score (nSPS) is 12.5. The Morgan fingerprint density at radius 1 is 1.29 bits per heavy atom. The molecule has 94 valence electrons. The topological polar surface area (TPSA) is 38.3 Å². The molecule has 0 unspecified atom stereocenters. The Bertz CT molecular complexity index is 335. The van der Waals surface area contributed by atoms with E-state index in [2.05, 4.69) is 5.32 Å². The van der Waals surface area contributed by atoms with Crippen molar-refractivity contribution in [1.29, 1.82) is 0 Å². The van der Waals surface area contributed by atoms with Gasteiger partial charge in [-0.05, 0) is 18.9 Å². The van der Waals surface area contributed by atoms with Gasteiger partial charge >= 0.3 is 5.97 Å². The summed E-state index contributed by atoms with van der Waals surface area (Å²) in [7, 11) is 0. The first kappa shape index (κ1) is 13.7. The lowest BCUT2D eigenvalue weighted by molar-refractivity contribution is -0.145. The third kappa shape index (κ3) is 5.00. The van der Waals surface area contributed by atoms with Crippen molar-refractivity contribution in [1.82, 2.24) is 5.32 Å². The number of nitrogens with one attached hydrogen (secondary N) is 1. The van der Waals surface area contributed by atoms with Crippen LogP contribution in [-0.4, -0.2) is 24.7 Å². The van der Waals surface area contributed by atoms with Crippen molar-refractivity contribution in [2.45, 2.75) is 39.3 Å². The van der Waals surface area contributed by atoms with Crippen LogP contribution in [0.25, 0.3) is 0 Å². The molecule has 0 aliphatic carbocycles. The summed E-state index contributed by atoms with van der Waals surface area (Å²) >= 11 is 0. The second kappa shape index (κ2) is 7.07. The second-order valence-electron chi connectivity index (χ2n) is 4.32. The maximum atomic E-state index is 11.8. The van der Waals surface area contributed by atoms with Crippen LogP contribution in [0.15, 0.2) is 30.3 Å². The number of hydrogen-bond acceptors (Lipinski definition) is 3. The fourth-order valence-corrected chi connectivity index (χ4v) is 1.71. The van der Waals surface area contributed by atoms with Crippen LogP contribution in [0.3, 0.4) is 0 Å². The first-order valence-corrected chi connectivity index (χ1v) is 6.10. The highest BCUT2D eigenvalue weighted by Gasteiger charge is 2.20. The lowest BCUT2D eigenvalue weighted by Gasteiger charge is -2.19. The van der Waals surface area contributed by atoms with Crippen LogP contribution >= 0.6 is 0 Å². The largest absolute Gasteiger partial charge is 0.465 e. The van der Waals surface area contributed by atoms with E-state index in [9.17, 15) is 4.79 Å². The van der Waals surface area contributed by atoms with Crippen molar-refractivity contribution in [3.8, 4) is 0 Å². The molecule has 0 aromatic heterocycles. The second-order valence-corrected chi connectivity index (χ2v) is 4.32. The molecular formula is C14H21NO2. The molecule has 0 bridgehead atoms. The van der Waals surface area contributed by atoms with Gasteiger partial charge in [0.05, 0.1) is 6.61 Å². The predicted molar refractivity (Wildman–Crippen MR) is 68.8 cm³/mol. The molecule has 0 saturated carbocycles. The molecule has 0 aliphatic heterocycles. The Balaban J connectivity index is 2.66. The summed E-state index contributed by atoms with van der Waals surface area (Å²) < 4.78 is 5.08. The van der Waals surface area contributed by atoms with Gasteiger partial charge in [-0.3, -0.25) is 4.79 Å². The van der Waals surface area contributed by atoms with E-state index >= 15 is 0 Å². The van der Waals surface area contributed by atoms with Crippen LogP contribution in [0, 0.1) is 0 Å². The van der Waals surface area contributed by atoms with Crippen LogP contribution < -0.4 is 5.32 Å². The van der Waals surface area contributed by atoms with Crippen LogP contribution in [0.2, 0.25) is 0 Å². The Kier molecular flexibility index (Phi) is 5.70. The first-order chi connectivity index (χ1) is 8.13. The molecule has 1 aromatic carbocycles. The van der Waals surface area contributed by atoms with Crippen LogP contribution in [0.5, 0.6) is 0 Å². The van der Waals surface area contributed by atoms with Crippen molar-refractivity contribution in [3.63, 3.8) is 0 Å². The number of hydrogen-bond donors (Lipinski definition) is 1. The molecule has 0 fully saturated rings. The summed E-state index contributed by atoms with van der Waals surface area (Å²) in [5.74, 6) is -0.176. The molecule has 0 radical (unpaired) electrons. The first-order valence-electron chi connectivity index (χ1n) is 6.10. The number of ether oxygens (including phenoxy) is 1. The van der Waals surface area contributed by atoms with Gasteiger partial charge in [-0.2, -0.15) is 0 Å². The minimum Gasteiger partial charge on any atom is -0.465 e. The van der Waals surface area contributed by atoms with Gasteiger partial charge in [0, 0.05) is 6.04 Å². The molecule has 1 atom stereocenters. The highest BCUT2D eigenvalue weighted by molar-refractivity contribution is 5.76. The van der Waals surface area contributed by atoms with Crippen molar-refractivity contribution in [2.24, 2.45) is 0 Å². The van der Waals surface area contributed by atoms with E-state index in [0.717, 1.165) is 5.56 Å². The third-order valence-electron chi connectivity index (χ3n) is 2.39. The lowest BCUT2D eigenvalue weighted by Crippen LogP contribution is -2.43. The SMILES string of the molecule is CCOC(=O)[C@H](Cc1ccccc1)NC(C)C. The molecule has 0 amide bonds. The molecule has 1 N–H and O–H groups in total. The lowest BCUT2D eigenvalue weighted by atomic mass is 10.1. The molecule has 0 spiro atoms. The molecule has 0 aliphatic rings. The van der Waals surface area contributed by atoms with Gasteiger partial charge in [0.25, 0.3) is 0 Å². The number of benzene rings is 1. The van der Waals surface area contributed by atoms with Crippen molar-refractivity contribution in [3.05, 3.63) is 35.9 Å². The highest BCUT2D eigenvalue weighted by atomic mass is 16.5. The van der Waals surface area contributed by atoms with Crippen LogP contribution in [0.4, 0.5) is 0 Å². The van der Waals surface area contributed by atoms with E-state index in [1.165, 1.54) is 0 Å². The smallest absolute Gasteiger partial charge is 0.323 e. The van der Waals surface area contributed by atoms with Gasteiger partial charge in [0.15, 0.2) is 0 Å². The quantitative estimate of drug-likeness (QED) is 0.768. The Labute approximate surface area is 103 Å². The maximum Gasteiger partial charge on any atom is 0.323 e. The zero-order chi connectivity index (χ0) is 12.7. The molecular weight excluding hydrogens is 214 g/mol. The van der Waals surface area contributed by atoms with Crippen molar-refractivity contribution < 1.29 is 9.53 Å². The maximum absolute atomic E-state index is 11.8. The summed E-state index contributed by atoms with van der Waals surface area (Å²) in [5.41, 5.74) is 1.14. The van der Waals surface area contributed by atoms with Gasteiger partial charge < -0.3 is 10.1 Å². The van der Waals surface area contributed by atoms with Crippen LogP contribution in [-0.2, 0) is 16.0 Å².